The second-order valence-corrected chi connectivity index (χ2v) is 4.90. The molecule has 0 spiro atoms. The van der Waals surface area contributed by atoms with Crippen molar-refractivity contribution in [2.24, 2.45) is 5.16 Å². The zero-order chi connectivity index (χ0) is 13.9. The fourth-order valence-electron chi connectivity index (χ4n) is 2.30. The van der Waals surface area contributed by atoms with Crippen molar-refractivity contribution in [1.29, 1.82) is 0 Å². The van der Waals surface area contributed by atoms with Crippen molar-refractivity contribution in [3.63, 3.8) is 0 Å². The Labute approximate surface area is 116 Å². The molecule has 0 aliphatic heterocycles. The molecule has 0 unspecified atom stereocenters. The lowest BCUT2D eigenvalue weighted by Crippen LogP contribution is -2.21. The van der Waals surface area contributed by atoms with Crippen molar-refractivity contribution in [1.82, 2.24) is 0 Å². The van der Waals surface area contributed by atoms with Gasteiger partial charge in [-0.15, -0.1) is 0 Å². The predicted molar refractivity (Wildman–Crippen MR) is 74.1 cm³/mol. The maximum Gasteiger partial charge on any atom is 0.127 e. The minimum absolute atomic E-state index is 0.281. The van der Waals surface area contributed by atoms with Gasteiger partial charge in [-0.3, -0.25) is 0 Å². The molecule has 0 saturated heterocycles. The molecular formula is C16H14FNO2. The number of ether oxygens (including phenoxy) is 1. The lowest BCUT2D eigenvalue weighted by atomic mass is 9.78. The number of nitrogens with zero attached hydrogens (tertiary/aromatic N) is 1. The van der Waals surface area contributed by atoms with Crippen molar-refractivity contribution in [2.45, 2.75) is 18.8 Å². The zero-order valence-corrected chi connectivity index (χ0v) is 10.8. The summed E-state index contributed by atoms with van der Waals surface area (Å²) in [6, 6.07) is 13.8. The number of hydrogen-bond donors (Lipinski definition) is 1. The van der Waals surface area contributed by atoms with Crippen LogP contribution in [0.15, 0.2) is 53.7 Å². The third kappa shape index (κ3) is 2.64. The number of benzene rings is 2. The Balaban J connectivity index is 1.73. The summed E-state index contributed by atoms with van der Waals surface area (Å²) in [5.74, 6) is 1.44. The molecule has 0 amide bonds. The fourth-order valence-corrected chi connectivity index (χ4v) is 2.30. The van der Waals surface area contributed by atoms with Gasteiger partial charge in [0.1, 0.15) is 17.3 Å². The highest BCUT2D eigenvalue weighted by Crippen LogP contribution is 2.36. The van der Waals surface area contributed by atoms with Gasteiger partial charge in [0.25, 0.3) is 0 Å². The maximum atomic E-state index is 12.8. The molecule has 4 heteroatoms. The summed E-state index contributed by atoms with van der Waals surface area (Å²) in [6.07, 6.45) is 1.58. The summed E-state index contributed by atoms with van der Waals surface area (Å²) >= 11 is 0. The van der Waals surface area contributed by atoms with Crippen molar-refractivity contribution in [2.75, 3.05) is 0 Å². The number of hydrogen-bond acceptors (Lipinski definition) is 3. The normalized spacial score (nSPS) is 17.4. The van der Waals surface area contributed by atoms with Crippen LogP contribution < -0.4 is 4.74 Å². The molecule has 1 aliphatic carbocycles. The van der Waals surface area contributed by atoms with Gasteiger partial charge >= 0.3 is 0 Å². The monoisotopic (exact) mass is 271 g/mol. The van der Waals surface area contributed by atoms with E-state index in [9.17, 15) is 4.39 Å². The Morgan fingerprint density at radius 1 is 1.05 bits per heavy atom. The smallest absolute Gasteiger partial charge is 0.127 e. The van der Waals surface area contributed by atoms with E-state index in [1.54, 1.807) is 12.1 Å². The third-order valence-electron chi connectivity index (χ3n) is 3.48. The van der Waals surface area contributed by atoms with Gasteiger partial charge in [0, 0.05) is 0 Å². The second kappa shape index (κ2) is 5.33. The molecule has 2 aromatic carbocycles. The van der Waals surface area contributed by atoms with Gasteiger partial charge in [0.05, 0.1) is 5.71 Å². The lowest BCUT2D eigenvalue weighted by Gasteiger charge is -2.27. The van der Waals surface area contributed by atoms with Crippen molar-refractivity contribution < 1.29 is 14.3 Å². The van der Waals surface area contributed by atoms with Gasteiger partial charge in [-0.1, -0.05) is 17.3 Å². The molecular weight excluding hydrogens is 257 g/mol. The minimum atomic E-state index is -0.281. The van der Waals surface area contributed by atoms with Crippen LogP contribution in [0.5, 0.6) is 11.5 Å². The Morgan fingerprint density at radius 2 is 1.80 bits per heavy atom. The Bertz CT molecular complexity index is 629. The van der Waals surface area contributed by atoms with Gasteiger partial charge in [0.15, 0.2) is 0 Å². The average Bonchev–Trinajstić information content (AvgIpc) is 2.41. The van der Waals surface area contributed by atoms with E-state index in [-0.39, 0.29) is 5.82 Å². The summed E-state index contributed by atoms with van der Waals surface area (Å²) in [6.45, 7) is 0. The van der Waals surface area contributed by atoms with Crippen LogP contribution in [-0.4, -0.2) is 10.9 Å². The van der Waals surface area contributed by atoms with E-state index >= 15 is 0 Å². The van der Waals surface area contributed by atoms with E-state index in [0.29, 0.717) is 11.7 Å². The van der Waals surface area contributed by atoms with Gasteiger partial charge in [-0.2, -0.15) is 0 Å². The molecule has 0 bridgehead atoms. The first-order chi connectivity index (χ1) is 9.74. The SMILES string of the molecule is ON=C1CC(c2cccc(Oc3ccc(F)cc3)c2)C1. The average molecular weight is 271 g/mol. The molecule has 2 aromatic rings. The molecule has 102 valence electrons. The Morgan fingerprint density at radius 3 is 2.50 bits per heavy atom. The molecule has 0 heterocycles. The van der Waals surface area contributed by atoms with Crippen LogP contribution in [0.2, 0.25) is 0 Å². The first-order valence-corrected chi connectivity index (χ1v) is 6.48. The zero-order valence-electron chi connectivity index (χ0n) is 10.8. The topological polar surface area (TPSA) is 41.8 Å². The first kappa shape index (κ1) is 12.7. The van der Waals surface area contributed by atoms with Crippen molar-refractivity contribution in [3.8, 4) is 11.5 Å². The fraction of sp³-hybridized carbons (Fsp3) is 0.188. The molecule has 3 nitrogen and oxygen atoms in total. The number of oxime groups is 1. The maximum absolute atomic E-state index is 12.8. The van der Waals surface area contributed by atoms with Crippen LogP contribution in [0, 0.1) is 5.82 Å². The van der Waals surface area contributed by atoms with Crippen LogP contribution >= 0.6 is 0 Å². The molecule has 0 atom stereocenters. The highest BCUT2D eigenvalue weighted by atomic mass is 19.1. The summed E-state index contributed by atoms with van der Waals surface area (Å²) in [5, 5.41) is 11.9. The lowest BCUT2D eigenvalue weighted by molar-refractivity contribution is 0.311. The molecule has 1 N–H and O–H groups in total. The van der Waals surface area contributed by atoms with E-state index in [4.69, 9.17) is 9.94 Å². The molecule has 0 radical (unpaired) electrons. The predicted octanol–water partition coefficient (Wildman–Crippen LogP) is 4.33. The van der Waals surface area contributed by atoms with Crippen LogP contribution in [-0.2, 0) is 0 Å². The van der Waals surface area contributed by atoms with E-state index < -0.39 is 0 Å². The van der Waals surface area contributed by atoms with Crippen LogP contribution in [0.1, 0.15) is 24.3 Å². The Hall–Kier alpha value is -2.36. The highest BCUT2D eigenvalue weighted by molar-refractivity contribution is 5.91. The molecule has 1 fully saturated rings. The van der Waals surface area contributed by atoms with E-state index in [0.717, 1.165) is 29.9 Å². The third-order valence-corrected chi connectivity index (χ3v) is 3.48. The quantitative estimate of drug-likeness (QED) is 0.667. The molecule has 3 rings (SSSR count). The molecule has 1 aliphatic rings. The van der Waals surface area contributed by atoms with Gasteiger partial charge in [0.2, 0.25) is 0 Å². The Kier molecular flexibility index (Phi) is 3.37. The minimum Gasteiger partial charge on any atom is -0.457 e. The van der Waals surface area contributed by atoms with E-state index in [2.05, 4.69) is 5.16 Å². The van der Waals surface area contributed by atoms with Gasteiger partial charge < -0.3 is 9.94 Å². The molecule has 1 saturated carbocycles. The molecule has 0 aromatic heterocycles. The van der Waals surface area contributed by atoms with E-state index in [1.807, 2.05) is 24.3 Å². The van der Waals surface area contributed by atoms with Gasteiger partial charge in [-0.05, 0) is 60.7 Å². The van der Waals surface area contributed by atoms with Crippen molar-refractivity contribution >= 4 is 5.71 Å². The highest BCUT2D eigenvalue weighted by Gasteiger charge is 2.26. The summed E-state index contributed by atoms with van der Waals surface area (Å²) in [5.41, 5.74) is 2.00. The van der Waals surface area contributed by atoms with Crippen LogP contribution in [0.4, 0.5) is 4.39 Å². The van der Waals surface area contributed by atoms with Crippen LogP contribution in [0.25, 0.3) is 0 Å². The molecule has 20 heavy (non-hydrogen) atoms. The summed E-state index contributed by atoms with van der Waals surface area (Å²) in [7, 11) is 0. The van der Waals surface area contributed by atoms with Crippen LogP contribution in [0.3, 0.4) is 0 Å². The first-order valence-electron chi connectivity index (χ1n) is 6.48. The number of rotatable bonds is 3. The second-order valence-electron chi connectivity index (χ2n) is 4.90. The standard InChI is InChI=1S/C16H14FNO2/c17-13-4-6-15(7-5-13)20-16-3-1-2-11(10-16)12-8-14(9-12)18-19/h1-7,10,12,19H,8-9H2. The summed E-state index contributed by atoms with van der Waals surface area (Å²) < 4.78 is 18.5. The van der Waals surface area contributed by atoms with E-state index in [1.165, 1.54) is 12.1 Å². The summed E-state index contributed by atoms with van der Waals surface area (Å²) in [4.78, 5) is 0. The largest absolute Gasteiger partial charge is 0.457 e. The van der Waals surface area contributed by atoms with Gasteiger partial charge in [-0.25, -0.2) is 4.39 Å². The number of halogens is 1. The van der Waals surface area contributed by atoms with Crippen molar-refractivity contribution in [3.05, 3.63) is 59.9 Å².